The summed E-state index contributed by atoms with van der Waals surface area (Å²) in [5.41, 5.74) is 5.49. The summed E-state index contributed by atoms with van der Waals surface area (Å²) in [5, 5.41) is 7.39. The molecule has 0 aliphatic carbocycles. The standard InChI is InChI=1S/C14H28N4/c1-12(11-14(15)16)17-9-5-13(6-10-17)18-7-3-2-4-8-18/h12-13H,2-11H2,1H3,(H3,15,16). The fraction of sp³-hybridized carbons (Fsp3) is 0.929. The summed E-state index contributed by atoms with van der Waals surface area (Å²) in [4.78, 5) is 5.21. The first-order valence-corrected chi connectivity index (χ1v) is 7.48. The zero-order valence-corrected chi connectivity index (χ0v) is 11.7. The molecule has 2 saturated heterocycles. The van der Waals surface area contributed by atoms with Gasteiger partial charge in [0.2, 0.25) is 0 Å². The maximum Gasteiger partial charge on any atom is 0.0920 e. The average Bonchev–Trinajstić information content (AvgIpc) is 2.39. The molecule has 18 heavy (non-hydrogen) atoms. The Kier molecular flexibility index (Phi) is 5.01. The number of nitrogens with zero attached hydrogens (tertiary/aromatic N) is 2. The second-order valence-electron chi connectivity index (χ2n) is 5.94. The van der Waals surface area contributed by atoms with Crippen LogP contribution in [0, 0.1) is 5.41 Å². The highest BCUT2D eigenvalue weighted by atomic mass is 15.2. The molecule has 2 rings (SSSR count). The van der Waals surface area contributed by atoms with E-state index in [0.29, 0.717) is 18.3 Å². The van der Waals surface area contributed by atoms with Crippen LogP contribution in [0.5, 0.6) is 0 Å². The van der Waals surface area contributed by atoms with Crippen molar-refractivity contribution in [2.75, 3.05) is 26.2 Å². The zero-order chi connectivity index (χ0) is 13.0. The molecule has 0 radical (unpaired) electrons. The van der Waals surface area contributed by atoms with Crippen molar-refractivity contribution in [3.05, 3.63) is 0 Å². The van der Waals surface area contributed by atoms with E-state index < -0.39 is 0 Å². The Morgan fingerprint density at radius 3 is 2.33 bits per heavy atom. The zero-order valence-electron chi connectivity index (χ0n) is 11.7. The van der Waals surface area contributed by atoms with Crippen LogP contribution >= 0.6 is 0 Å². The van der Waals surface area contributed by atoms with Crippen LogP contribution in [-0.2, 0) is 0 Å². The van der Waals surface area contributed by atoms with E-state index in [1.807, 2.05) is 0 Å². The summed E-state index contributed by atoms with van der Waals surface area (Å²) in [6, 6.07) is 1.25. The van der Waals surface area contributed by atoms with Crippen LogP contribution in [0.2, 0.25) is 0 Å². The van der Waals surface area contributed by atoms with Crippen molar-refractivity contribution >= 4 is 5.84 Å². The highest BCUT2D eigenvalue weighted by molar-refractivity contribution is 5.77. The first-order valence-electron chi connectivity index (χ1n) is 7.48. The second kappa shape index (κ2) is 6.53. The summed E-state index contributed by atoms with van der Waals surface area (Å²) < 4.78 is 0. The molecule has 4 heteroatoms. The number of amidine groups is 1. The SMILES string of the molecule is CC(CC(=N)N)N1CCC(N2CCCCC2)CC1. The van der Waals surface area contributed by atoms with Crippen LogP contribution in [0.4, 0.5) is 0 Å². The van der Waals surface area contributed by atoms with Crippen LogP contribution < -0.4 is 5.73 Å². The van der Waals surface area contributed by atoms with Crippen LogP contribution in [0.25, 0.3) is 0 Å². The largest absolute Gasteiger partial charge is 0.388 e. The topological polar surface area (TPSA) is 56.4 Å². The van der Waals surface area contributed by atoms with Crippen molar-refractivity contribution < 1.29 is 0 Å². The lowest BCUT2D eigenvalue weighted by Gasteiger charge is -2.42. The van der Waals surface area contributed by atoms with Crippen molar-refractivity contribution in [1.29, 1.82) is 5.41 Å². The van der Waals surface area contributed by atoms with Crippen molar-refractivity contribution in [2.24, 2.45) is 5.73 Å². The summed E-state index contributed by atoms with van der Waals surface area (Å²) in [6.07, 6.45) is 7.51. The van der Waals surface area contributed by atoms with Gasteiger partial charge in [0.25, 0.3) is 0 Å². The minimum atomic E-state index is 0.320. The summed E-state index contributed by atoms with van der Waals surface area (Å²) in [7, 11) is 0. The lowest BCUT2D eigenvalue weighted by atomic mass is 9.98. The molecular formula is C14H28N4. The molecule has 2 fully saturated rings. The molecule has 2 heterocycles. The third kappa shape index (κ3) is 3.69. The number of piperidine rings is 2. The quantitative estimate of drug-likeness (QED) is 0.591. The molecule has 0 aromatic rings. The Balaban J connectivity index is 1.75. The Bertz CT molecular complexity index is 265. The van der Waals surface area contributed by atoms with Gasteiger partial charge in [-0.2, -0.15) is 0 Å². The molecule has 4 nitrogen and oxygen atoms in total. The van der Waals surface area contributed by atoms with Gasteiger partial charge in [-0.05, 0) is 58.8 Å². The first kappa shape index (κ1) is 13.8. The van der Waals surface area contributed by atoms with Gasteiger partial charge in [-0.1, -0.05) is 6.42 Å². The molecule has 1 atom stereocenters. The molecule has 2 aliphatic rings. The summed E-state index contributed by atoms with van der Waals surface area (Å²) >= 11 is 0. The van der Waals surface area contributed by atoms with E-state index in [9.17, 15) is 0 Å². The number of hydrogen-bond acceptors (Lipinski definition) is 3. The van der Waals surface area contributed by atoms with Crippen molar-refractivity contribution in [3.8, 4) is 0 Å². The lowest BCUT2D eigenvalue weighted by Crippen LogP contribution is -2.49. The molecule has 0 aromatic heterocycles. The predicted octanol–water partition coefficient (Wildman–Crippen LogP) is 1.65. The molecule has 0 amide bonds. The number of nitrogens with two attached hydrogens (primary N) is 1. The van der Waals surface area contributed by atoms with Crippen LogP contribution in [0.3, 0.4) is 0 Å². The van der Waals surface area contributed by atoms with E-state index in [2.05, 4.69) is 16.7 Å². The van der Waals surface area contributed by atoms with Crippen molar-refractivity contribution in [3.63, 3.8) is 0 Å². The number of nitrogens with one attached hydrogen (secondary N) is 1. The summed E-state index contributed by atoms with van der Waals surface area (Å²) in [6.45, 7) is 7.18. The van der Waals surface area contributed by atoms with Crippen LogP contribution in [0.1, 0.15) is 45.4 Å². The third-order valence-electron chi connectivity index (χ3n) is 4.54. The van der Waals surface area contributed by atoms with Gasteiger partial charge in [-0.25, -0.2) is 0 Å². The molecular weight excluding hydrogens is 224 g/mol. The average molecular weight is 252 g/mol. The summed E-state index contributed by atoms with van der Waals surface area (Å²) in [5.74, 6) is 0.320. The molecule has 0 saturated carbocycles. The van der Waals surface area contributed by atoms with Gasteiger partial charge in [-0.15, -0.1) is 0 Å². The highest BCUT2D eigenvalue weighted by Crippen LogP contribution is 2.22. The highest BCUT2D eigenvalue weighted by Gasteiger charge is 2.27. The Hall–Kier alpha value is -0.610. The number of likely N-dealkylation sites (tertiary alicyclic amines) is 2. The minimum absolute atomic E-state index is 0.320. The van der Waals surface area contributed by atoms with E-state index >= 15 is 0 Å². The third-order valence-corrected chi connectivity index (χ3v) is 4.54. The molecule has 0 aromatic carbocycles. The maximum atomic E-state index is 7.39. The maximum absolute atomic E-state index is 7.39. The van der Waals surface area contributed by atoms with Gasteiger partial charge in [-0.3, -0.25) is 5.41 Å². The predicted molar refractivity (Wildman–Crippen MR) is 76.0 cm³/mol. The fourth-order valence-corrected chi connectivity index (χ4v) is 3.42. The minimum Gasteiger partial charge on any atom is -0.388 e. The normalized spacial score (nSPS) is 26.1. The fourth-order valence-electron chi connectivity index (χ4n) is 3.42. The Morgan fingerprint density at radius 1 is 1.17 bits per heavy atom. The van der Waals surface area contributed by atoms with E-state index in [1.54, 1.807) is 0 Å². The second-order valence-corrected chi connectivity index (χ2v) is 5.94. The Morgan fingerprint density at radius 2 is 1.78 bits per heavy atom. The van der Waals surface area contributed by atoms with E-state index in [0.717, 1.165) is 6.04 Å². The van der Waals surface area contributed by atoms with Crippen molar-refractivity contribution in [1.82, 2.24) is 9.80 Å². The number of hydrogen-bond donors (Lipinski definition) is 2. The van der Waals surface area contributed by atoms with Gasteiger partial charge < -0.3 is 15.5 Å². The molecule has 0 spiro atoms. The Labute approximate surface area is 111 Å². The molecule has 0 bridgehead atoms. The molecule has 3 N–H and O–H groups in total. The van der Waals surface area contributed by atoms with Gasteiger partial charge in [0.1, 0.15) is 0 Å². The van der Waals surface area contributed by atoms with E-state index in [1.165, 1.54) is 58.3 Å². The van der Waals surface area contributed by atoms with Crippen molar-refractivity contribution in [2.45, 2.75) is 57.5 Å². The number of rotatable bonds is 4. The molecule has 1 unspecified atom stereocenters. The van der Waals surface area contributed by atoms with E-state index in [4.69, 9.17) is 11.1 Å². The lowest BCUT2D eigenvalue weighted by molar-refractivity contribution is 0.0773. The van der Waals surface area contributed by atoms with Gasteiger partial charge in [0.05, 0.1) is 5.84 Å². The molecule has 104 valence electrons. The smallest absolute Gasteiger partial charge is 0.0920 e. The van der Waals surface area contributed by atoms with Crippen LogP contribution in [0.15, 0.2) is 0 Å². The van der Waals surface area contributed by atoms with Gasteiger partial charge in [0, 0.05) is 18.5 Å². The van der Waals surface area contributed by atoms with Gasteiger partial charge >= 0.3 is 0 Å². The van der Waals surface area contributed by atoms with Gasteiger partial charge in [0.15, 0.2) is 0 Å². The van der Waals surface area contributed by atoms with E-state index in [-0.39, 0.29) is 0 Å². The molecule has 2 aliphatic heterocycles. The monoisotopic (exact) mass is 252 g/mol. The first-order chi connectivity index (χ1) is 8.66. The van der Waals surface area contributed by atoms with Crippen LogP contribution in [-0.4, -0.2) is 53.9 Å².